The first-order valence-corrected chi connectivity index (χ1v) is 7.25. The lowest BCUT2D eigenvalue weighted by Crippen LogP contribution is -2.03. The summed E-state index contributed by atoms with van der Waals surface area (Å²) in [6.07, 6.45) is 0. The molecule has 3 aromatic carbocycles. The predicted octanol–water partition coefficient (Wildman–Crippen LogP) is 4.38. The van der Waals surface area contributed by atoms with Crippen molar-refractivity contribution in [2.24, 2.45) is 0 Å². The minimum atomic E-state index is -0.534. The molecular formula is C19H13N3O2. The van der Waals surface area contributed by atoms with Crippen LogP contribution in [0.1, 0.15) is 5.56 Å². The molecule has 0 saturated carbocycles. The molecule has 0 fully saturated rings. The normalized spacial score (nSPS) is 10.1. The highest BCUT2D eigenvalue weighted by Gasteiger charge is 2.25. The molecule has 0 saturated heterocycles. The van der Waals surface area contributed by atoms with Gasteiger partial charge in [-0.25, -0.2) is 0 Å². The van der Waals surface area contributed by atoms with Crippen LogP contribution in [0, 0.1) is 21.4 Å². The summed E-state index contributed by atoms with van der Waals surface area (Å²) in [5.41, 5.74) is 8.22. The van der Waals surface area contributed by atoms with Gasteiger partial charge in [0.1, 0.15) is 11.8 Å². The van der Waals surface area contributed by atoms with Crippen LogP contribution >= 0.6 is 0 Å². The number of nitro groups is 1. The highest BCUT2D eigenvalue weighted by Crippen LogP contribution is 2.41. The fourth-order valence-corrected chi connectivity index (χ4v) is 2.69. The Balaban J connectivity index is 2.39. The number of nitro benzene ring substituents is 1. The Morgan fingerprint density at radius 2 is 1.42 bits per heavy atom. The van der Waals surface area contributed by atoms with Crippen LogP contribution in [0.4, 0.5) is 11.4 Å². The Morgan fingerprint density at radius 1 is 0.917 bits per heavy atom. The lowest BCUT2D eigenvalue weighted by atomic mass is 9.92. The van der Waals surface area contributed by atoms with E-state index in [9.17, 15) is 15.4 Å². The van der Waals surface area contributed by atoms with E-state index in [-0.39, 0.29) is 16.9 Å². The van der Waals surface area contributed by atoms with E-state index in [1.54, 1.807) is 30.3 Å². The lowest BCUT2D eigenvalue weighted by Gasteiger charge is -2.12. The third-order valence-electron chi connectivity index (χ3n) is 3.80. The molecule has 0 aromatic heterocycles. The van der Waals surface area contributed by atoms with Gasteiger partial charge in [-0.1, -0.05) is 60.7 Å². The van der Waals surface area contributed by atoms with Gasteiger partial charge in [0.15, 0.2) is 0 Å². The van der Waals surface area contributed by atoms with Crippen LogP contribution in [-0.4, -0.2) is 4.92 Å². The minimum absolute atomic E-state index is 0.109. The van der Waals surface area contributed by atoms with Gasteiger partial charge in [0.2, 0.25) is 0 Å². The molecular weight excluding hydrogens is 302 g/mol. The maximum absolute atomic E-state index is 11.5. The Bertz CT molecular complexity index is 946. The second kappa shape index (κ2) is 6.23. The number of nitrogens with zero attached hydrogens (tertiary/aromatic N) is 2. The van der Waals surface area contributed by atoms with E-state index in [2.05, 4.69) is 0 Å². The van der Waals surface area contributed by atoms with Crippen LogP contribution in [0.15, 0.2) is 66.7 Å². The van der Waals surface area contributed by atoms with Gasteiger partial charge < -0.3 is 5.73 Å². The first kappa shape index (κ1) is 15.3. The van der Waals surface area contributed by atoms with E-state index in [0.29, 0.717) is 16.7 Å². The molecule has 5 heteroatoms. The molecule has 0 spiro atoms. The molecule has 3 aromatic rings. The number of nitriles is 1. The molecule has 0 radical (unpaired) electrons. The van der Waals surface area contributed by atoms with E-state index in [1.807, 2.05) is 42.5 Å². The lowest BCUT2D eigenvalue weighted by molar-refractivity contribution is -0.383. The largest absolute Gasteiger partial charge is 0.392 e. The van der Waals surface area contributed by atoms with E-state index < -0.39 is 4.92 Å². The average molecular weight is 315 g/mol. The summed E-state index contributed by atoms with van der Waals surface area (Å²) in [7, 11) is 0. The van der Waals surface area contributed by atoms with Gasteiger partial charge in [-0.05, 0) is 17.2 Å². The summed E-state index contributed by atoms with van der Waals surface area (Å²) in [6.45, 7) is 0. The molecule has 0 aliphatic rings. The molecule has 0 bridgehead atoms. The number of hydrogen-bond donors (Lipinski definition) is 1. The fourth-order valence-electron chi connectivity index (χ4n) is 2.69. The predicted molar refractivity (Wildman–Crippen MR) is 93.1 cm³/mol. The second-order valence-electron chi connectivity index (χ2n) is 5.21. The Labute approximate surface area is 138 Å². The maximum Gasteiger partial charge on any atom is 0.301 e. The zero-order chi connectivity index (χ0) is 17.1. The van der Waals surface area contributed by atoms with Gasteiger partial charge in [-0.3, -0.25) is 10.1 Å². The summed E-state index contributed by atoms with van der Waals surface area (Å²) in [4.78, 5) is 11.0. The SMILES string of the molecule is N#Cc1c(-c2ccccc2)cc(-c2ccccc2)c([N+](=O)[O-])c1N. The van der Waals surface area contributed by atoms with Gasteiger partial charge in [0.25, 0.3) is 0 Å². The van der Waals surface area contributed by atoms with Crippen LogP contribution in [0.3, 0.4) is 0 Å². The van der Waals surface area contributed by atoms with E-state index in [1.165, 1.54) is 0 Å². The number of anilines is 1. The molecule has 3 rings (SSSR count). The third kappa shape index (κ3) is 2.57. The standard InChI is InChI=1S/C19H13N3O2/c20-12-17-15(13-7-3-1-4-8-13)11-16(14-9-5-2-6-10-14)19(18(17)21)22(23)24/h1-11H,21H2. The van der Waals surface area contributed by atoms with Crippen LogP contribution in [0.2, 0.25) is 0 Å². The summed E-state index contributed by atoms with van der Waals surface area (Å²) >= 11 is 0. The van der Waals surface area contributed by atoms with Crippen molar-refractivity contribution in [1.29, 1.82) is 5.26 Å². The van der Waals surface area contributed by atoms with Crippen LogP contribution in [0.5, 0.6) is 0 Å². The molecule has 0 aliphatic carbocycles. The summed E-state index contributed by atoms with van der Waals surface area (Å²) in [5.74, 6) is 0. The van der Waals surface area contributed by atoms with Crippen molar-refractivity contribution in [1.82, 2.24) is 0 Å². The zero-order valence-electron chi connectivity index (χ0n) is 12.6. The quantitative estimate of drug-likeness (QED) is 0.441. The average Bonchev–Trinajstić information content (AvgIpc) is 2.62. The molecule has 0 amide bonds. The number of benzene rings is 3. The second-order valence-corrected chi connectivity index (χ2v) is 5.21. The number of nitrogens with two attached hydrogens (primary N) is 1. The van der Waals surface area contributed by atoms with Crippen molar-refractivity contribution in [3.63, 3.8) is 0 Å². The van der Waals surface area contributed by atoms with Crippen LogP contribution < -0.4 is 5.73 Å². The Hall–Kier alpha value is -3.65. The monoisotopic (exact) mass is 315 g/mol. The molecule has 0 atom stereocenters. The van der Waals surface area contributed by atoms with Gasteiger partial charge in [0, 0.05) is 5.56 Å². The van der Waals surface area contributed by atoms with Gasteiger partial charge in [0.05, 0.1) is 16.1 Å². The highest BCUT2D eigenvalue weighted by molar-refractivity contribution is 5.92. The maximum atomic E-state index is 11.5. The summed E-state index contributed by atoms with van der Waals surface area (Å²) in [6, 6.07) is 21.9. The Morgan fingerprint density at radius 3 is 1.88 bits per heavy atom. The van der Waals surface area contributed by atoms with Gasteiger partial charge >= 0.3 is 5.69 Å². The van der Waals surface area contributed by atoms with Crippen LogP contribution in [-0.2, 0) is 0 Å². The van der Waals surface area contributed by atoms with Crippen molar-refractivity contribution < 1.29 is 4.92 Å². The zero-order valence-corrected chi connectivity index (χ0v) is 12.6. The number of nitrogen functional groups attached to an aromatic ring is 1. The summed E-state index contributed by atoms with van der Waals surface area (Å²) < 4.78 is 0. The van der Waals surface area contributed by atoms with Crippen molar-refractivity contribution in [2.75, 3.05) is 5.73 Å². The van der Waals surface area contributed by atoms with Crippen molar-refractivity contribution in [3.05, 3.63) is 82.4 Å². The topological polar surface area (TPSA) is 92.9 Å². The first-order valence-electron chi connectivity index (χ1n) is 7.25. The molecule has 116 valence electrons. The molecule has 5 nitrogen and oxygen atoms in total. The number of rotatable bonds is 3. The highest BCUT2D eigenvalue weighted by atomic mass is 16.6. The van der Waals surface area contributed by atoms with E-state index in [0.717, 1.165) is 5.56 Å². The summed E-state index contributed by atoms with van der Waals surface area (Å²) in [5, 5.41) is 21.0. The smallest absolute Gasteiger partial charge is 0.301 e. The van der Waals surface area contributed by atoms with Crippen LogP contribution in [0.25, 0.3) is 22.3 Å². The van der Waals surface area contributed by atoms with Crippen molar-refractivity contribution >= 4 is 11.4 Å². The molecule has 0 aliphatic heterocycles. The van der Waals surface area contributed by atoms with Crippen molar-refractivity contribution in [2.45, 2.75) is 0 Å². The van der Waals surface area contributed by atoms with Crippen molar-refractivity contribution in [3.8, 4) is 28.3 Å². The minimum Gasteiger partial charge on any atom is -0.392 e. The van der Waals surface area contributed by atoms with E-state index in [4.69, 9.17) is 5.73 Å². The van der Waals surface area contributed by atoms with Gasteiger partial charge in [-0.15, -0.1) is 0 Å². The first-order chi connectivity index (χ1) is 11.6. The molecule has 0 heterocycles. The van der Waals surface area contributed by atoms with Gasteiger partial charge in [-0.2, -0.15) is 5.26 Å². The Kier molecular flexibility index (Phi) is 3.96. The molecule has 0 unspecified atom stereocenters. The fraction of sp³-hybridized carbons (Fsp3) is 0. The molecule has 2 N–H and O–H groups in total. The molecule has 24 heavy (non-hydrogen) atoms. The third-order valence-corrected chi connectivity index (χ3v) is 3.80. The number of hydrogen-bond acceptors (Lipinski definition) is 4. The van der Waals surface area contributed by atoms with E-state index >= 15 is 0 Å².